The maximum Gasteiger partial charge on any atom is 0.255 e. The Hall–Kier alpha value is -2.60. The Balaban J connectivity index is 1.39. The molecule has 3 heterocycles. The van der Waals surface area contributed by atoms with E-state index in [9.17, 15) is 4.79 Å². The van der Waals surface area contributed by atoms with Gasteiger partial charge in [-0.3, -0.25) is 4.79 Å². The maximum atomic E-state index is 12.7. The van der Waals surface area contributed by atoms with Gasteiger partial charge in [0.15, 0.2) is 0 Å². The Morgan fingerprint density at radius 1 is 0.964 bits per heavy atom. The van der Waals surface area contributed by atoms with Gasteiger partial charge in [0.2, 0.25) is 0 Å². The van der Waals surface area contributed by atoms with Crippen molar-refractivity contribution in [1.29, 1.82) is 0 Å². The molecule has 6 nitrogen and oxygen atoms in total. The smallest absolute Gasteiger partial charge is 0.255 e. The highest BCUT2D eigenvalue weighted by molar-refractivity contribution is 6.04. The van der Waals surface area contributed by atoms with Crippen molar-refractivity contribution >= 4 is 23.1 Å². The molecule has 1 aromatic heterocycles. The summed E-state index contributed by atoms with van der Waals surface area (Å²) >= 11 is 0. The van der Waals surface area contributed by atoms with Gasteiger partial charge in [-0.15, -0.1) is 0 Å². The molecule has 2 saturated heterocycles. The molecule has 0 saturated carbocycles. The average Bonchev–Trinajstić information content (AvgIpc) is 3.29. The van der Waals surface area contributed by atoms with Crippen molar-refractivity contribution in [3.8, 4) is 0 Å². The van der Waals surface area contributed by atoms with E-state index in [4.69, 9.17) is 0 Å². The van der Waals surface area contributed by atoms with Crippen LogP contribution in [-0.4, -0.2) is 61.6 Å². The van der Waals surface area contributed by atoms with Crippen molar-refractivity contribution in [2.75, 3.05) is 60.9 Å². The topological polar surface area (TPSA) is 51.7 Å². The van der Waals surface area contributed by atoms with Gasteiger partial charge >= 0.3 is 0 Å². The highest BCUT2D eigenvalue weighted by Crippen LogP contribution is 2.22. The SMILES string of the molecule is CCN1CCN(c2cc(C(=O)Nc3ccc(N4CCCC4)cc3)ccn2)CC1. The fraction of sp³-hybridized carbons (Fsp3) is 0.455. The molecule has 6 heteroatoms. The molecule has 1 amide bonds. The normalized spacial score (nSPS) is 17.8. The molecule has 1 N–H and O–H groups in total. The van der Waals surface area contributed by atoms with E-state index in [-0.39, 0.29) is 5.91 Å². The number of carbonyl (C=O) groups excluding carboxylic acids is 1. The minimum atomic E-state index is -0.0928. The molecule has 0 unspecified atom stereocenters. The first-order valence-corrected chi connectivity index (χ1v) is 10.3. The van der Waals surface area contributed by atoms with Gasteiger partial charge in [-0.2, -0.15) is 0 Å². The molecular formula is C22H29N5O. The van der Waals surface area contributed by atoms with Gasteiger partial charge in [-0.1, -0.05) is 6.92 Å². The number of hydrogen-bond donors (Lipinski definition) is 1. The fourth-order valence-corrected chi connectivity index (χ4v) is 3.96. The van der Waals surface area contributed by atoms with Crippen molar-refractivity contribution < 1.29 is 4.79 Å². The van der Waals surface area contributed by atoms with Gasteiger partial charge in [0, 0.05) is 62.4 Å². The van der Waals surface area contributed by atoms with E-state index in [0.29, 0.717) is 5.56 Å². The van der Waals surface area contributed by atoms with Crippen molar-refractivity contribution in [3.05, 3.63) is 48.2 Å². The molecule has 0 aliphatic carbocycles. The molecule has 2 aliphatic heterocycles. The second-order valence-electron chi connectivity index (χ2n) is 7.52. The van der Waals surface area contributed by atoms with Crippen LogP contribution < -0.4 is 15.1 Å². The number of pyridine rings is 1. The molecular weight excluding hydrogens is 350 g/mol. The zero-order chi connectivity index (χ0) is 19.3. The number of benzene rings is 1. The first-order valence-electron chi connectivity index (χ1n) is 10.3. The third-order valence-electron chi connectivity index (χ3n) is 5.75. The highest BCUT2D eigenvalue weighted by atomic mass is 16.1. The quantitative estimate of drug-likeness (QED) is 0.865. The van der Waals surface area contributed by atoms with Crippen LogP contribution in [0.1, 0.15) is 30.1 Å². The monoisotopic (exact) mass is 379 g/mol. The lowest BCUT2D eigenvalue weighted by Crippen LogP contribution is -2.46. The number of likely N-dealkylation sites (N-methyl/N-ethyl adjacent to an activating group) is 1. The summed E-state index contributed by atoms with van der Waals surface area (Å²) in [6.45, 7) is 9.50. The summed E-state index contributed by atoms with van der Waals surface area (Å²) in [4.78, 5) is 24.3. The second kappa shape index (κ2) is 8.61. The molecule has 2 aromatic rings. The maximum absolute atomic E-state index is 12.7. The first-order chi connectivity index (χ1) is 13.7. The Bertz CT molecular complexity index is 793. The number of piperazine rings is 1. The first kappa shape index (κ1) is 18.7. The molecule has 0 radical (unpaired) electrons. The summed E-state index contributed by atoms with van der Waals surface area (Å²) in [7, 11) is 0. The van der Waals surface area contributed by atoms with Crippen LogP contribution in [0.3, 0.4) is 0 Å². The molecule has 4 rings (SSSR count). The summed E-state index contributed by atoms with van der Waals surface area (Å²) < 4.78 is 0. The Kier molecular flexibility index (Phi) is 5.76. The summed E-state index contributed by atoms with van der Waals surface area (Å²) in [5, 5.41) is 3.01. The van der Waals surface area contributed by atoms with Gasteiger partial charge in [0.05, 0.1) is 0 Å². The van der Waals surface area contributed by atoms with Gasteiger partial charge in [-0.05, 0) is 55.8 Å². The van der Waals surface area contributed by atoms with E-state index in [1.165, 1.54) is 18.5 Å². The summed E-state index contributed by atoms with van der Waals surface area (Å²) in [6, 6.07) is 11.8. The average molecular weight is 380 g/mol. The van der Waals surface area contributed by atoms with Crippen molar-refractivity contribution in [2.45, 2.75) is 19.8 Å². The summed E-state index contributed by atoms with van der Waals surface area (Å²) in [5.74, 6) is 0.789. The lowest BCUT2D eigenvalue weighted by atomic mass is 10.2. The predicted octanol–water partition coefficient (Wildman–Crippen LogP) is 3.08. The molecule has 28 heavy (non-hydrogen) atoms. The molecule has 148 valence electrons. The predicted molar refractivity (Wildman–Crippen MR) is 114 cm³/mol. The van der Waals surface area contributed by atoms with E-state index < -0.39 is 0 Å². The van der Waals surface area contributed by atoms with Crippen LogP contribution in [0.25, 0.3) is 0 Å². The van der Waals surface area contributed by atoms with Crippen LogP contribution >= 0.6 is 0 Å². The van der Waals surface area contributed by atoms with Crippen LogP contribution in [0, 0.1) is 0 Å². The van der Waals surface area contributed by atoms with Crippen molar-refractivity contribution in [3.63, 3.8) is 0 Å². The number of anilines is 3. The summed E-state index contributed by atoms with van der Waals surface area (Å²) in [6.07, 6.45) is 4.25. The molecule has 1 aromatic carbocycles. The summed E-state index contributed by atoms with van der Waals surface area (Å²) in [5.41, 5.74) is 2.70. The van der Waals surface area contributed by atoms with Crippen molar-refractivity contribution in [2.24, 2.45) is 0 Å². The van der Waals surface area contributed by atoms with E-state index in [0.717, 1.165) is 57.3 Å². The number of rotatable bonds is 5. The zero-order valence-electron chi connectivity index (χ0n) is 16.6. The molecule has 0 spiro atoms. The van der Waals surface area contributed by atoms with Crippen LogP contribution in [0.4, 0.5) is 17.2 Å². The van der Waals surface area contributed by atoms with Gasteiger partial charge in [-0.25, -0.2) is 4.98 Å². The van der Waals surface area contributed by atoms with Crippen LogP contribution in [0.2, 0.25) is 0 Å². The number of aromatic nitrogens is 1. The Morgan fingerprint density at radius 3 is 2.36 bits per heavy atom. The lowest BCUT2D eigenvalue weighted by molar-refractivity contribution is 0.102. The number of carbonyl (C=O) groups is 1. The van der Waals surface area contributed by atoms with E-state index >= 15 is 0 Å². The zero-order valence-corrected chi connectivity index (χ0v) is 16.6. The molecule has 2 fully saturated rings. The van der Waals surface area contributed by atoms with Crippen molar-refractivity contribution in [1.82, 2.24) is 9.88 Å². The van der Waals surface area contributed by atoms with Crippen LogP contribution in [0.5, 0.6) is 0 Å². The molecule has 0 atom stereocenters. The van der Waals surface area contributed by atoms with Gasteiger partial charge in [0.25, 0.3) is 5.91 Å². The van der Waals surface area contributed by atoms with E-state index in [2.05, 4.69) is 44.1 Å². The number of nitrogens with one attached hydrogen (secondary N) is 1. The standard InChI is InChI=1S/C22H29N5O/c1-2-25-13-15-27(16-14-25)21-17-18(9-10-23-21)22(28)24-19-5-7-20(8-6-19)26-11-3-4-12-26/h5-10,17H,2-4,11-16H2,1H3,(H,24,28). The number of nitrogens with zero attached hydrogens (tertiary/aromatic N) is 4. The third-order valence-corrected chi connectivity index (χ3v) is 5.75. The van der Waals surface area contributed by atoms with Gasteiger partial charge < -0.3 is 20.0 Å². The van der Waals surface area contributed by atoms with Crippen LogP contribution in [-0.2, 0) is 0 Å². The van der Waals surface area contributed by atoms with Gasteiger partial charge in [0.1, 0.15) is 5.82 Å². The number of hydrogen-bond acceptors (Lipinski definition) is 5. The Morgan fingerprint density at radius 2 is 1.68 bits per heavy atom. The Labute approximate surface area is 167 Å². The second-order valence-corrected chi connectivity index (χ2v) is 7.52. The van der Waals surface area contributed by atoms with Crippen LogP contribution in [0.15, 0.2) is 42.6 Å². The highest BCUT2D eigenvalue weighted by Gasteiger charge is 2.18. The minimum Gasteiger partial charge on any atom is -0.372 e. The number of amides is 1. The lowest BCUT2D eigenvalue weighted by Gasteiger charge is -2.34. The molecule has 2 aliphatic rings. The largest absolute Gasteiger partial charge is 0.372 e. The fourth-order valence-electron chi connectivity index (χ4n) is 3.96. The minimum absolute atomic E-state index is 0.0928. The van der Waals surface area contributed by atoms with E-state index in [1.54, 1.807) is 12.3 Å². The molecule has 0 bridgehead atoms. The van der Waals surface area contributed by atoms with E-state index in [1.807, 2.05) is 18.2 Å². The third kappa shape index (κ3) is 4.28.